The van der Waals surface area contributed by atoms with Crippen LogP contribution in [0.25, 0.3) is 0 Å². The van der Waals surface area contributed by atoms with Gasteiger partial charge in [0.05, 0.1) is 19.6 Å². The van der Waals surface area contributed by atoms with Crippen LogP contribution in [0.15, 0.2) is 0 Å². The fourth-order valence-electron chi connectivity index (χ4n) is 3.92. The van der Waals surface area contributed by atoms with E-state index in [1.807, 2.05) is 0 Å². The van der Waals surface area contributed by atoms with Crippen LogP contribution >= 0.6 is 0 Å². The molecule has 6 heteroatoms. The monoisotopic (exact) mass is 408 g/mol. The van der Waals surface area contributed by atoms with Crippen LogP contribution in [-0.2, 0) is 10.1 Å². The maximum absolute atomic E-state index is 11.0. The average Bonchev–Trinajstić information content (AvgIpc) is 2.60. The van der Waals surface area contributed by atoms with E-state index >= 15 is 0 Å². The predicted octanol–water partition coefficient (Wildman–Crippen LogP) is 4.79. The molecule has 0 saturated heterocycles. The number of unbranched alkanes of at least 4 members (excludes halogenated alkanes) is 11. The Bertz CT molecular complexity index is 435. The lowest BCUT2D eigenvalue weighted by atomic mass is 10.0. The smallest absolute Gasteiger partial charge is 0.267 e. The molecule has 0 aromatic rings. The standard InChI is InChI=1S/C21H45NO4S/c1-4-7-8-9-10-11-12-13-14-15-16-17-18-22(5-2,6-3)19-21(23)20-27(24,25)26/h21,23H,4-20H2,1-3H3/p+1. The van der Waals surface area contributed by atoms with Crippen LogP contribution in [0.1, 0.15) is 97.8 Å². The number of nitrogens with zero attached hydrogens (tertiary/aromatic N) is 1. The van der Waals surface area contributed by atoms with Crippen LogP contribution in [0.2, 0.25) is 0 Å². The van der Waals surface area contributed by atoms with E-state index in [4.69, 9.17) is 4.55 Å². The molecule has 164 valence electrons. The zero-order valence-electron chi connectivity index (χ0n) is 18.2. The van der Waals surface area contributed by atoms with Gasteiger partial charge in [-0.05, 0) is 26.7 Å². The first-order chi connectivity index (χ1) is 12.8. The lowest BCUT2D eigenvalue weighted by Crippen LogP contribution is -2.53. The lowest BCUT2D eigenvalue weighted by molar-refractivity contribution is -0.927. The number of rotatable bonds is 19. The van der Waals surface area contributed by atoms with Crippen molar-refractivity contribution in [1.29, 1.82) is 0 Å². The van der Waals surface area contributed by atoms with Gasteiger partial charge in [0.25, 0.3) is 10.1 Å². The minimum atomic E-state index is -4.12. The van der Waals surface area contributed by atoms with Gasteiger partial charge in [0.15, 0.2) is 0 Å². The van der Waals surface area contributed by atoms with E-state index < -0.39 is 22.0 Å². The van der Waals surface area contributed by atoms with Crippen molar-refractivity contribution >= 4 is 10.1 Å². The van der Waals surface area contributed by atoms with Gasteiger partial charge in [-0.2, -0.15) is 8.42 Å². The van der Waals surface area contributed by atoms with Crippen molar-refractivity contribution in [3.05, 3.63) is 0 Å². The second-order valence-corrected chi connectivity index (χ2v) is 9.67. The molecule has 0 heterocycles. The highest BCUT2D eigenvalue weighted by Crippen LogP contribution is 2.15. The molecule has 5 nitrogen and oxygen atoms in total. The van der Waals surface area contributed by atoms with Crippen LogP contribution in [0.4, 0.5) is 0 Å². The number of likely N-dealkylation sites (N-methyl/N-ethyl adjacent to an activating group) is 1. The Kier molecular flexibility index (Phi) is 15.6. The summed E-state index contributed by atoms with van der Waals surface area (Å²) < 4.78 is 31.6. The van der Waals surface area contributed by atoms with Crippen molar-refractivity contribution in [2.45, 2.75) is 104 Å². The van der Waals surface area contributed by atoms with E-state index in [-0.39, 0.29) is 0 Å². The average molecular weight is 409 g/mol. The van der Waals surface area contributed by atoms with Crippen molar-refractivity contribution in [2.24, 2.45) is 0 Å². The fourth-order valence-corrected chi connectivity index (χ4v) is 4.51. The van der Waals surface area contributed by atoms with Crippen molar-refractivity contribution in [2.75, 3.05) is 31.9 Å². The van der Waals surface area contributed by atoms with E-state index in [1.54, 1.807) is 0 Å². The Balaban J connectivity index is 3.87. The van der Waals surface area contributed by atoms with E-state index in [0.29, 0.717) is 11.0 Å². The summed E-state index contributed by atoms with van der Waals surface area (Å²) in [5.41, 5.74) is 0. The van der Waals surface area contributed by atoms with E-state index in [9.17, 15) is 13.5 Å². The normalized spacial score (nSPS) is 13.8. The molecule has 2 N–H and O–H groups in total. The fraction of sp³-hybridized carbons (Fsp3) is 1.00. The van der Waals surface area contributed by atoms with Crippen LogP contribution < -0.4 is 0 Å². The minimum absolute atomic E-state index is 0.394. The maximum Gasteiger partial charge on any atom is 0.267 e. The van der Waals surface area contributed by atoms with Crippen LogP contribution in [0.5, 0.6) is 0 Å². The van der Waals surface area contributed by atoms with Crippen LogP contribution in [-0.4, -0.2) is 60.6 Å². The van der Waals surface area contributed by atoms with Crippen molar-refractivity contribution < 1.29 is 22.6 Å². The highest BCUT2D eigenvalue weighted by molar-refractivity contribution is 7.85. The Morgan fingerprint density at radius 3 is 1.52 bits per heavy atom. The third kappa shape index (κ3) is 15.4. The molecule has 0 aliphatic carbocycles. The van der Waals surface area contributed by atoms with Gasteiger partial charge in [-0.15, -0.1) is 0 Å². The summed E-state index contributed by atoms with van der Waals surface area (Å²) >= 11 is 0. The molecule has 27 heavy (non-hydrogen) atoms. The lowest BCUT2D eigenvalue weighted by Gasteiger charge is -2.38. The summed E-state index contributed by atoms with van der Waals surface area (Å²) in [6.07, 6.45) is 14.8. The highest BCUT2D eigenvalue weighted by Gasteiger charge is 2.28. The van der Waals surface area contributed by atoms with Gasteiger partial charge < -0.3 is 9.59 Å². The number of aliphatic hydroxyl groups is 1. The summed E-state index contributed by atoms with van der Waals surface area (Å²) in [4.78, 5) is 0. The quantitative estimate of drug-likeness (QED) is 0.183. The molecule has 0 aromatic carbocycles. The summed E-state index contributed by atoms with van der Waals surface area (Å²) in [6, 6.07) is 0. The summed E-state index contributed by atoms with van der Waals surface area (Å²) in [7, 11) is -4.12. The Labute approximate surface area is 168 Å². The molecule has 0 saturated carbocycles. The zero-order chi connectivity index (χ0) is 20.6. The van der Waals surface area contributed by atoms with Crippen molar-refractivity contribution in [3.8, 4) is 0 Å². The van der Waals surface area contributed by atoms with Crippen molar-refractivity contribution in [1.82, 2.24) is 0 Å². The topological polar surface area (TPSA) is 74.6 Å². The van der Waals surface area contributed by atoms with Gasteiger partial charge in [-0.1, -0.05) is 71.1 Å². The minimum Gasteiger partial charge on any atom is -0.386 e. The Morgan fingerprint density at radius 1 is 0.741 bits per heavy atom. The molecule has 0 aliphatic rings. The third-order valence-corrected chi connectivity index (χ3v) is 6.63. The van der Waals surface area contributed by atoms with Gasteiger partial charge in [0.1, 0.15) is 18.4 Å². The largest absolute Gasteiger partial charge is 0.386 e. The molecule has 0 aromatic heterocycles. The molecule has 0 amide bonds. The summed E-state index contributed by atoms with van der Waals surface area (Å²) in [5.74, 6) is -0.564. The Hall–Kier alpha value is -0.170. The predicted molar refractivity (Wildman–Crippen MR) is 115 cm³/mol. The van der Waals surface area contributed by atoms with Crippen LogP contribution in [0, 0.1) is 0 Å². The summed E-state index contributed by atoms with van der Waals surface area (Å²) in [6.45, 7) is 9.53. The van der Waals surface area contributed by atoms with Gasteiger partial charge in [-0.3, -0.25) is 4.55 Å². The molecule has 0 bridgehead atoms. The summed E-state index contributed by atoms with van der Waals surface area (Å²) in [5, 5.41) is 10.0. The third-order valence-electron chi connectivity index (χ3n) is 5.83. The number of quaternary nitrogens is 1. The number of hydrogen-bond acceptors (Lipinski definition) is 3. The maximum atomic E-state index is 11.0. The van der Waals surface area contributed by atoms with Crippen LogP contribution in [0.3, 0.4) is 0 Å². The molecule has 0 spiro atoms. The molecular formula is C21H46NO4S+. The van der Waals surface area contributed by atoms with E-state index in [2.05, 4.69) is 20.8 Å². The molecule has 1 unspecified atom stereocenters. The molecule has 0 fully saturated rings. The SMILES string of the molecule is CCCCCCCCCCCCCC[N+](CC)(CC)CC(O)CS(=O)(=O)O. The molecule has 1 atom stereocenters. The first kappa shape index (κ1) is 26.8. The van der Waals surface area contributed by atoms with Crippen molar-refractivity contribution in [3.63, 3.8) is 0 Å². The first-order valence-corrected chi connectivity index (χ1v) is 12.9. The molecule has 0 radical (unpaired) electrons. The molecular weight excluding hydrogens is 362 g/mol. The molecule has 0 rings (SSSR count). The van der Waals surface area contributed by atoms with E-state index in [0.717, 1.165) is 26.1 Å². The highest BCUT2D eigenvalue weighted by atomic mass is 32.2. The first-order valence-electron chi connectivity index (χ1n) is 11.3. The Morgan fingerprint density at radius 2 is 1.15 bits per heavy atom. The van der Waals surface area contributed by atoms with Gasteiger partial charge >= 0.3 is 0 Å². The number of hydrogen-bond donors (Lipinski definition) is 2. The second kappa shape index (κ2) is 15.7. The van der Waals surface area contributed by atoms with Gasteiger partial charge in [-0.25, -0.2) is 0 Å². The van der Waals surface area contributed by atoms with E-state index in [1.165, 1.54) is 70.6 Å². The molecule has 0 aliphatic heterocycles. The zero-order valence-corrected chi connectivity index (χ0v) is 19.0. The van der Waals surface area contributed by atoms with Gasteiger partial charge in [0.2, 0.25) is 0 Å². The van der Waals surface area contributed by atoms with Gasteiger partial charge in [0, 0.05) is 0 Å². The number of aliphatic hydroxyl groups excluding tert-OH is 1. The second-order valence-electron chi connectivity index (χ2n) is 8.17.